The molecular formula is C30H32N4O3S. The molecule has 0 aliphatic carbocycles. The van der Waals surface area contributed by atoms with Gasteiger partial charge in [0.25, 0.3) is 0 Å². The Morgan fingerprint density at radius 2 is 1.71 bits per heavy atom. The zero-order valence-electron chi connectivity index (χ0n) is 21.1. The summed E-state index contributed by atoms with van der Waals surface area (Å²) in [6, 6.07) is 21.5. The molecule has 0 bridgehead atoms. The van der Waals surface area contributed by atoms with Crippen molar-refractivity contribution in [3.8, 4) is 0 Å². The summed E-state index contributed by atoms with van der Waals surface area (Å²) in [6.45, 7) is 1.58. The van der Waals surface area contributed by atoms with Crippen molar-refractivity contribution in [3.63, 3.8) is 0 Å². The molecule has 3 aromatic carbocycles. The molecule has 1 aliphatic rings. The molecule has 4 N–H and O–H groups in total. The van der Waals surface area contributed by atoms with Crippen molar-refractivity contribution in [3.05, 3.63) is 83.2 Å². The van der Waals surface area contributed by atoms with Crippen LogP contribution in [0.5, 0.6) is 0 Å². The van der Waals surface area contributed by atoms with Crippen LogP contribution in [0.2, 0.25) is 0 Å². The summed E-state index contributed by atoms with van der Waals surface area (Å²) in [5, 5.41) is 17.4. The SMILES string of the molecule is O=CNC(Cc1csc2ccccc12)NC(=O)[C@@H](Cc1ccc2ccccc2c1)NC(=O)C1CCNCC1. The van der Waals surface area contributed by atoms with Gasteiger partial charge in [-0.15, -0.1) is 11.3 Å². The van der Waals surface area contributed by atoms with Gasteiger partial charge >= 0.3 is 0 Å². The zero-order chi connectivity index (χ0) is 26.3. The summed E-state index contributed by atoms with van der Waals surface area (Å²) in [7, 11) is 0. The molecule has 0 radical (unpaired) electrons. The summed E-state index contributed by atoms with van der Waals surface area (Å²) in [5.41, 5.74) is 2.01. The lowest BCUT2D eigenvalue weighted by atomic mass is 9.95. The van der Waals surface area contributed by atoms with Crippen LogP contribution in [-0.2, 0) is 27.2 Å². The standard InChI is InChI=1S/C30H32N4O3S/c35-19-32-28(17-24-18-38-27-8-4-3-7-25(24)27)34-30(37)26(33-29(36)22-11-13-31-14-12-22)16-20-9-10-21-5-1-2-6-23(21)15-20/h1-10,15,18-19,22,26,28,31H,11-14,16-17H2,(H,32,35)(H,33,36)(H,34,37)/t26-,28?/m1/s1. The van der Waals surface area contributed by atoms with E-state index in [9.17, 15) is 14.4 Å². The molecule has 1 aliphatic heterocycles. The highest BCUT2D eigenvalue weighted by Crippen LogP contribution is 2.26. The van der Waals surface area contributed by atoms with Crippen LogP contribution < -0.4 is 21.3 Å². The van der Waals surface area contributed by atoms with Crippen molar-refractivity contribution in [2.24, 2.45) is 5.92 Å². The monoisotopic (exact) mass is 528 g/mol. The van der Waals surface area contributed by atoms with Gasteiger partial charge in [0.1, 0.15) is 12.2 Å². The molecule has 7 nitrogen and oxygen atoms in total. The Morgan fingerprint density at radius 3 is 2.53 bits per heavy atom. The first-order valence-electron chi connectivity index (χ1n) is 13.0. The van der Waals surface area contributed by atoms with E-state index in [1.165, 1.54) is 0 Å². The fourth-order valence-corrected chi connectivity index (χ4v) is 6.08. The lowest BCUT2D eigenvalue weighted by Crippen LogP contribution is -2.55. The quantitative estimate of drug-likeness (QED) is 0.187. The second-order valence-electron chi connectivity index (χ2n) is 9.78. The van der Waals surface area contributed by atoms with Crippen molar-refractivity contribution in [1.82, 2.24) is 21.3 Å². The molecule has 1 fully saturated rings. The summed E-state index contributed by atoms with van der Waals surface area (Å²) < 4.78 is 1.15. The number of nitrogens with one attached hydrogen (secondary N) is 4. The average Bonchev–Trinajstić information content (AvgIpc) is 3.36. The molecule has 1 aromatic heterocycles. The number of rotatable bonds is 10. The maximum absolute atomic E-state index is 13.6. The van der Waals surface area contributed by atoms with Crippen LogP contribution in [0.4, 0.5) is 0 Å². The number of benzene rings is 3. The minimum absolute atomic E-state index is 0.101. The van der Waals surface area contributed by atoms with Gasteiger partial charge in [0.2, 0.25) is 18.2 Å². The molecule has 0 saturated carbocycles. The lowest BCUT2D eigenvalue weighted by molar-refractivity contribution is -0.132. The van der Waals surface area contributed by atoms with Gasteiger partial charge in [-0.05, 0) is 64.7 Å². The van der Waals surface area contributed by atoms with Crippen LogP contribution in [0.15, 0.2) is 72.1 Å². The number of carbonyl (C=O) groups is 3. The predicted octanol–water partition coefficient (Wildman–Crippen LogP) is 3.51. The molecule has 4 aromatic rings. The molecule has 38 heavy (non-hydrogen) atoms. The largest absolute Gasteiger partial charge is 0.344 e. The van der Waals surface area contributed by atoms with E-state index in [1.807, 2.05) is 54.6 Å². The first kappa shape index (κ1) is 25.9. The third-order valence-corrected chi connectivity index (χ3v) is 8.18. The Hall–Kier alpha value is -3.75. The Bertz CT molecular complexity index is 1430. The van der Waals surface area contributed by atoms with Crippen LogP contribution in [0.3, 0.4) is 0 Å². The van der Waals surface area contributed by atoms with Crippen LogP contribution in [0.1, 0.15) is 24.0 Å². The van der Waals surface area contributed by atoms with Crippen LogP contribution in [0.25, 0.3) is 20.9 Å². The third kappa shape index (κ3) is 6.20. The van der Waals surface area contributed by atoms with E-state index in [4.69, 9.17) is 0 Å². The number of fused-ring (bicyclic) bond motifs is 2. The number of amides is 3. The van der Waals surface area contributed by atoms with Gasteiger partial charge < -0.3 is 21.3 Å². The Labute approximate surface area is 226 Å². The number of thiophene rings is 1. The molecule has 3 amide bonds. The maximum atomic E-state index is 13.6. The first-order chi connectivity index (χ1) is 18.6. The summed E-state index contributed by atoms with van der Waals surface area (Å²) in [6.07, 6.45) is 2.29. The highest BCUT2D eigenvalue weighted by Gasteiger charge is 2.28. The highest BCUT2D eigenvalue weighted by molar-refractivity contribution is 7.17. The van der Waals surface area contributed by atoms with E-state index in [0.29, 0.717) is 19.3 Å². The van der Waals surface area contributed by atoms with Gasteiger partial charge in [0.05, 0.1) is 0 Å². The van der Waals surface area contributed by atoms with E-state index in [0.717, 1.165) is 57.9 Å². The lowest BCUT2D eigenvalue weighted by Gasteiger charge is -2.27. The smallest absolute Gasteiger partial charge is 0.244 e. The van der Waals surface area contributed by atoms with Gasteiger partial charge in [-0.3, -0.25) is 14.4 Å². The third-order valence-electron chi connectivity index (χ3n) is 7.17. The van der Waals surface area contributed by atoms with Crippen LogP contribution >= 0.6 is 11.3 Å². The molecule has 1 saturated heterocycles. The molecule has 196 valence electrons. The van der Waals surface area contributed by atoms with Crippen LogP contribution in [-0.4, -0.2) is 43.5 Å². The highest BCUT2D eigenvalue weighted by atomic mass is 32.1. The Balaban J connectivity index is 1.35. The second-order valence-corrected chi connectivity index (χ2v) is 10.7. The van der Waals surface area contributed by atoms with Gasteiger partial charge in [0, 0.05) is 23.5 Å². The summed E-state index contributed by atoms with van der Waals surface area (Å²) in [4.78, 5) is 38.2. The number of piperidine rings is 1. The topological polar surface area (TPSA) is 99.3 Å². The molecule has 2 heterocycles. The second kappa shape index (κ2) is 12.2. The molecule has 8 heteroatoms. The number of hydrogen-bond acceptors (Lipinski definition) is 5. The predicted molar refractivity (Wildman–Crippen MR) is 152 cm³/mol. The molecular weight excluding hydrogens is 496 g/mol. The first-order valence-corrected chi connectivity index (χ1v) is 13.9. The van der Waals surface area contributed by atoms with Crippen molar-refractivity contribution in [1.29, 1.82) is 0 Å². The molecule has 1 unspecified atom stereocenters. The maximum Gasteiger partial charge on any atom is 0.244 e. The van der Waals surface area contributed by atoms with Crippen molar-refractivity contribution in [2.45, 2.75) is 37.9 Å². The van der Waals surface area contributed by atoms with E-state index in [-0.39, 0.29) is 17.7 Å². The number of hydrogen-bond donors (Lipinski definition) is 4. The van der Waals surface area contributed by atoms with Gasteiger partial charge in [-0.1, -0.05) is 60.7 Å². The van der Waals surface area contributed by atoms with Crippen molar-refractivity contribution in [2.75, 3.05) is 13.1 Å². The normalized spacial score (nSPS) is 15.6. The van der Waals surface area contributed by atoms with E-state index in [2.05, 4.69) is 38.8 Å². The van der Waals surface area contributed by atoms with E-state index in [1.54, 1.807) is 11.3 Å². The summed E-state index contributed by atoms with van der Waals surface area (Å²) in [5.74, 6) is -0.542. The van der Waals surface area contributed by atoms with Crippen molar-refractivity contribution < 1.29 is 14.4 Å². The fraction of sp³-hybridized carbons (Fsp3) is 0.300. The van der Waals surface area contributed by atoms with Gasteiger partial charge in [-0.25, -0.2) is 0 Å². The van der Waals surface area contributed by atoms with E-state index < -0.39 is 12.2 Å². The van der Waals surface area contributed by atoms with Gasteiger partial charge in [0.15, 0.2) is 0 Å². The minimum atomic E-state index is -0.770. The minimum Gasteiger partial charge on any atom is -0.344 e. The summed E-state index contributed by atoms with van der Waals surface area (Å²) >= 11 is 1.64. The Kier molecular flexibility index (Phi) is 8.31. The number of carbonyl (C=O) groups excluding carboxylic acids is 3. The molecule has 0 spiro atoms. The van der Waals surface area contributed by atoms with Crippen molar-refractivity contribution >= 4 is 50.4 Å². The molecule has 2 atom stereocenters. The fourth-order valence-electron chi connectivity index (χ4n) is 5.10. The molecule has 5 rings (SSSR count). The van der Waals surface area contributed by atoms with E-state index >= 15 is 0 Å². The average molecular weight is 529 g/mol. The zero-order valence-corrected chi connectivity index (χ0v) is 21.9. The van der Waals surface area contributed by atoms with Crippen LogP contribution in [0, 0.1) is 5.92 Å². The van der Waals surface area contributed by atoms with Gasteiger partial charge in [-0.2, -0.15) is 0 Å². The Morgan fingerprint density at radius 1 is 0.947 bits per heavy atom.